The molecule has 0 saturated carbocycles. The number of carbonyl (C=O) groups is 1. The maximum absolute atomic E-state index is 10.2. The molecule has 0 aliphatic carbocycles. The molecule has 4 heteroatoms. The van der Waals surface area contributed by atoms with Crippen molar-refractivity contribution in [3.63, 3.8) is 0 Å². The molecular weight excluding hydrogens is 234 g/mol. The van der Waals surface area contributed by atoms with E-state index in [1.807, 2.05) is 6.92 Å². The third-order valence-corrected chi connectivity index (χ3v) is 1.56. The van der Waals surface area contributed by atoms with Gasteiger partial charge in [-0.3, -0.25) is 4.79 Å². The highest BCUT2D eigenvalue weighted by atomic mass is 79.9. The maximum Gasteiger partial charge on any atom is 0.211 e. The summed E-state index contributed by atoms with van der Waals surface area (Å²) in [6.45, 7) is 9.54. The summed E-state index contributed by atoms with van der Waals surface area (Å²) in [6, 6.07) is 0. The average Bonchev–Trinajstić information content (AvgIpc) is 2.10. The van der Waals surface area contributed by atoms with Crippen LogP contribution >= 0.6 is 15.9 Å². The first kappa shape index (κ1) is 12.0. The van der Waals surface area contributed by atoms with E-state index in [0.717, 1.165) is 0 Å². The Bertz CT molecular complexity index is 246. The predicted molar refractivity (Wildman–Crippen MR) is 56.1 cm³/mol. The van der Waals surface area contributed by atoms with Crippen molar-refractivity contribution in [1.29, 1.82) is 0 Å². The van der Waals surface area contributed by atoms with Crippen molar-refractivity contribution in [1.82, 2.24) is 5.32 Å². The first-order valence-corrected chi connectivity index (χ1v) is 4.51. The Morgan fingerprint density at radius 1 is 1.69 bits per heavy atom. The van der Waals surface area contributed by atoms with Crippen LogP contribution in [0.2, 0.25) is 0 Å². The molecule has 13 heavy (non-hydrogen) atoms. The molecule has 0 fully saturated rings. The molecule has 1 N–H and O–H groups in total. The van der Waals surface area contributed by atoms with E-state index in [0.29, 0.717) is 29.0 Å². The second-order valence-electron chi connectivity index (χ2n) is 2.05. The van der Waals surface area contributed by atoms with Gasteiger partial charge >= 0.3 is 0 Å². The van der Waals surface area contributed by atoms with Gasteiger partial charge in [0, 0.05) is 0 Å². The smallest absolute Gasteiger partial charge is 0.211 e. The third-order valence-electron chi connectivity index (χ3n) is 1.20. The molecule has 0 spiro atoms. The summed E-state index contributed by atoms with van der Waals surface area (Å²) >= 11 is 3.17. The molecule has 72 valence electrons. The van der Waals surface area contributed by atoms with Gasteiger partial charge in [0.25, 0.3) is 0 Å². The topological polar surface area (TPSA) is 38.3 Å². The Hall–Kier alpha value is -1.03. The second kappa shape index (κ2) is 6.48. The van der Waals surface area contributed by atoms with Gasteiger partial charge in [-0.15, -0.1) is 0 Å². The minimum absolute atomic E-state index is 0.490. The highest BCUT2D eigenvalue weighted by Crippen LogP contribution is 2.19. The van der Waals surface area contributed by atoms with E-state index in [2.05, 4.69) is 34.4 Å². The highest BCUT2D eigenvalue weighted by Gasteiger charge is 2.06. The first-order valence-electron chi connectivity index (χ1n) is 3.71. The molecule has 0 radical (unpaired) electrons. The van der Waals surface area contributed by atoms with E-state index >= 15 is 0 Å². The van der Waals surface area contributed by atoms with E-state index in [-0.39, 0.29) is 0 Å². The Morgan fingerprint density at radius 3 is 2.62 bits per heavy atom. The number of hydrogen-bond acceptors (Lipinski definition) is 2. The Kier molecular flexibility index (Phi) is 5.97. The van der Waals surface area contributed by atoms with Crippen LogP contribution in [0.25, 0.3) is 0 Å². The maximum atomic E-state index is 10.2. The molecule has 0 aliphatic heterocycles. The van der Waals surface area contributed by atoms with Crippen molar-refractivity contribution in [2.24, 2.45) is 0 Å². The molecule has 0 aliphatic rings. The van der Waals surface area contributed by atoms with Crippen molar-refractivity contribution >= 4 is 22.3 Å². The Balaban J connectivity index is 4.86. The van der Waals surface area contributed by atoms with Gasteiger partial charge in [0.05, 0.1) is 16.8 Å². The molecule has 0 aromatic heterocycles. The summed E-state index contributed by atoms with van der Waals surface area (Å²) in [5.41, 5.74) is 0.499. The number of halogens is 1. The molecule has 0 aromatic carbocycles. The second-order valence-corrected chi connectivity index (χ2v) is 3.00. The van der Waals surface area contributed by atoms with Crippen LogP contribution in [0.1, 0.15) is 6.92 Å². The molecule has 0 aromatic rings. The van der Waals surface area contributed by atoms with Gasteiger partial charge in [0.2, 0.25) is 6.41 Å². The van der Waals surface area contributed by atoms with Crippen molar-refractivity contribution in [3.05, 3.63) is 35.2 Å². The summed E-state index contributed by atoms with van der Waals surface area (Å²) in [4.78, 5) is 10.2. The first-order chi connectivity index (χ1) is 6.17. The lowest BCUT2D eigenvalue weighted by atomic mass is 10.3. The lowest BCUT2D eigenvalue weighted by Gasteiger charge is -2.10. The summed E-state index contributed by atoms with van der Waals surface area (Å²) in [6.07, 6.45) is 2.05. The minimum atomic E-state index is 0.490. The van der Waals surface area contributed by atoms with Gasteiger partial charge in [-0.2, -0.15) is 0 Å². The van der Waals surface area contributed by atoms with E-state index in [1.165, 1.54) is 6.08 Å². The van der Waals surface area contributed by atoms with Crippen molar-refractivity contribution in [2.75, 3.05) is 6.61 Å². The summed E-state index contributed by atoms with van der Waals surface area (Å²) in [5.74, 6) is 0.490. The van der Waals surface area contributed by atoms with E-state index < -0.39 is 0 Å². The monoisotopic (exact) mass is 245 g/mol. The fraction of sp³-hybridized carbons (Fsp3) is 0.222. The number of carbonyl (C=O) groups excluding carboxylic acids is 1. The number of rotatable bonds is 6. The molecule has 0 saturated heterocycles. The van der Waals surface area contributed by atoms with Crippen LogP contribution in [0.3, 0.4) is 0 Å². The zero-order chi connectivity index (χ0) is 10.3. The van der Waals surface area contributed by atoms with Crippen LogP contribution < -0.4 is 5.32 Å². The van der Waals surface area contributed by atoms with Crippen LogP contribution in [0.15, 0.2) is 35.2 Å². The van der Waals surface area contributed by atoms with Crippen molar-refractivity contribution in [2.45, 2.75) is 6.92 Å². The normalized spacial score (nSPS) is 11.2. The molecule has 0 atom stereocenters. The largest absolute Gasteiger partial charge is 0.491 e. The fourth-order valence-corrected chi connectivity index (χ4v) is 1.06. The SMILES string of the molecule is C=C/C(NC=O)=C(/OCC)C(=C)Br. The third kappa shape index (κ3) is 3.94. The zero-order valence-electron chi connectivity index (χ0n) is 7.47. The lowest BCUT2D eigenvalue weighted by molar-refractivity contribution is -0.108. The number of amides is 1. The number of ether oxygens (including phenoxy) is 1. The van der Waals surface area contributed by atoms with Gasteiger partial charge in [-0.1, -0.05) is 13.2 Å². The molecule has 0 unspecified atom stereocenters. The number of hydrogen-bond donors (Lipinski definition) is 1. The van der Waals surface area contributed by atoms with E-state index in [1.54, 1.807) is 0 Å². The van der Waals surface area contributed by atoms with Crippen LogP contribution in [0.4, 0.5) is 0 Å². The quantitative estimate of drug-likeness (QED) is 0.442. The van der Waals surface area contributed by atoms with Gasteiger partial charge < -0.3 is 10.1 Å². The summed E-state index contributed by atoms with van der Waals surface area (Å²) in [5, 5.41) is 2.46. The Labute approximate surface area is 86.3 Å². The van der Waals surface area contributed by atoms with Gasteiger partial charge in [-0.05, 0) is 28.9 Å². The molecular formula is C9H12BrNO2. The van der Waals surface area contributed by atoms with Crippen molar-refractivity contribution < 1.29 is 9.53 Å². The fourth-order valence-electron chi connectivity index (χ4n) is 0.727. The standard InChI is InChI=1S/C9H12BrNO2/c1-4-8(11-6-12)9(7(3)10)13-5-2/h4,6H,1,3,5H2,2H3,(H,11,12)/b9-8-. The lowest BCUT2D eigenvalue weighted by Crippen LogP contribution is -2.12. The molecule has 0 rings (SSSR count). The number of nitrogens with one attached hydrogen (secondary N) is 1. The van der Waals surface area contributed by atoms with Crippen LogP contribution in [-0.2, 0) is 9.53 Å². The van der Waals surface area contributed by atoms with Crippen LogP contribution in [0.5, 0.6) is 0 Å². The average molecular weight is 246 g/mol. The molecule has 0 heterocycles. The predicted octanol–water partition coefficient (Wildman–Crippen LogP) is 2.08. The van der Waals surface area contributed by atoms with E-state index in [4.69, 9.17) is 4.74 Å². The van der Waals surface area contributed by atoms with Gasteiger partial charge in [-0.25, -0.2) is 0 Å². The highest BCUT2D eigenvalue weighted by molar-refractivity contribution is 9.11. The minimum Gasteiger partial charge on any atom is -0.491 e. The van der Waals surface area contributed by atoms with Gasteiger partial charge in [0.1, 0.15) is 0 Å². The van der Waals surface area contributed by atoms with E-state index in [9.17, 15) is 4.79 Å². The number of allylic oxidation sites excluding steroid dienone is 2. The van der Waals surface area contributed by atoms with Gasteiger partial charge in [0.15, 0.2) is 5.76 Å². The molecule has 1 amide bonds. The Morgan fingerprint density at radius 2 is 2.31 bits per heavy atom. The van der Waals surface area contributed by atoms with Crippen LogP contribution in [-0.4, -0.2) is 13.0 Å². The molecule has 0 bridgehead atoms. The summed E-state index contributed by atoms with van der Waals surface area (Å²) < 4.78 is 5.82. The zero-order valence-corrected chi connectivity index (χ0v) is 9.06. The van der Waals surface area contributed by atoms with Crippen molar-refractivity contribution in [3.8, 4) is 0 Å². The van der Waals surface area contributed by atoms with Crippen LogP contribution in [0, 0.1) is 0 Å². The summed E-state index contributed by atoms with van der Waals surface area (Å²) in [7, 11) is 0. The molecule has 3 nitrogen and oxygen atoms in total.